The van der Waals surface area contributed by atoms with Gasteiger partial charge in [0.25, 0.3) is 0 Å². The van der Waals surface area contributed by atoms with Crippen LogP contribution < -0.4 is 10.1 Å². The zero-order valence-electron chi connectivity index (χ0n) is 15.7. The SMILES string of the molecule is CC(C)Oc1ccc(-c2cc(NC(=O)OC(C)(C)C(F)(F)F)ncc2F)cc1. The van der Waals surface area contributed by atoms with Crippen LogP contribution in [0.4, 0.5) is 28.2 Å². The molecule has 0 radical (unpaired) electrons. The summed E-state index contributed by atoms with van der Waals surface area (Å²) in [6.45, 7) is 5.18. The van der Waals surface area contributed by atoms with E-state index in [-0.39, 0.29) is 17.5 Å². The Morgan fingerprint density at radius 3 is 2.29 bits per heavy atom. The standard InChI is InChI=1S/C19H20F4N2O3/c1-11(2)27-13-7-5-12(6-8-13)14-9-16(24-10-15(14)20)25-17(26)28-18(3,4)19(21,22)23/h5-11H,1-4H3,(H,24,25,26). The zero-order chi connectivity index (χ0) is 21.1. The van der Waals surface area contributed by atoms with Crippen molar-refractivity contribution in [2.24, 2.45) is 0 Å². The van der Waals surface area contributed by atoms with E-state index in [2.05, 4.69) is 15.0 Å². The van der Waals surface area contributed by atoms with Crippen molar-refractivity contribution >= 4 is 11.9 Å². The highest BCUT2D eigenvalue weighted by Gasteiger charge is 2.51. The van der Waals surface area contributed by atoms with E-state index in [0.717, 1.165) is 20.0 Å². The molecule has 1 amide bonds. The number of carbonyl (C=O) groups is 1. The fraction of sp³-hybridized carbons (Fsp3) is 0.368. The molecule has 152 valence electrons. The van der Waals surface area contributed by atoms with Gasteiger partial charge in [-0.15, -0.1) is 0 Å². The van der Waals surface area contributed by atoms with Crippen molar-refractivity contribution in [1.82, 2.24) is 4.98 Å². The number of nitrogens with zero attached hydrogens (tertiary/aromatic N) is 1. The predicted molar refractivity (Wildman–Crippen MR) is 95.6 cm³/mol. The van der Waals surface area contributed by atoms with E-state index in [1.807, 2.05) is 13.8 Å². The van der Waals surface area contributed by atoms with Gasteiger partial charge < -0.3 is 9.47 Å². The molecular formula is C19H20F4N2O3. The zero-order valence-corrected chi connectivity index (χ0v) is 15.7. The van der Waals surface area contributed by atoms with E-state index in [9.17, 15) is 22.4 Å². The minimum absolute atomic E-state index is 0.0220. The van der Waals surface area contributed by atoms with Crippen LogP contribution in [-0.2, 0) is 4.74 Å². The Morgan fingerprint density at radius 2 is 1.75 bits per heavy atom. The Bertz CT molecular complexity index is 834. The second-order valence-corrected chi connectivity index (χ2v) is 6.76. The summed E-state index contributed by atoms with van der Waals surface area (Å²) in [7, 11) is 0. The third kappa shape index (κ3) is 5.34. The van der Waals surface area contributed by atoms with Gasteiger partial charge in [-0.2, -0.15) is 13.2 Å². The highest BCUT2D eigenvalue weighted by Crippen LogP contribution is 2.33. The van der Waals surface area contributed by atoms with E-state index < -0.39 is 23.7 Å². The molecule has 9 heteroatoms. The van der Waals surface area contributed by atoms with Crippen LogP contribution in [0.2, 0.25) is 0 Å². The maximum atomic E-state index is 14.1. The number of rotatable bonds is 5. The number of hydrogen-bond acceptors (Lipinski definition) is 4. The lowest BCUT2D eigenvalue weighted by Crippen LogP contribution is -2.44. The van der Waals surface area contributed by atoms with E-state index in [4.69, 9.17) is 4.74 Å². The van der Waals surface area contributed by atoms with Crippen molar-refractivity contribution in [1.29, 1.82) is 0 Å². The number of aromatic nitrogens is 1. The number of pyridine rings is 1. The van der Waals surface area contributed by atoms with Crippen molar-refractivity contribution in [3.8, 4) is 16.9 Å². The molecule has 1 aromatic carbocycles. The van der Waals surface area contributed by atoms with Gasteiger partial charge in [-0.25, -0.2) is 14.2 Å². The molecule has 1 N–H and O–H groups in total. The van der Waals surface area contributed by atoms with Crippen molar-refractivity contribution in [3.63, 3.8) is 0 Å². The summed E-state index contributed by atoms with van der Waals surface area (Å²) < 4.78 is 62.5. The minimum atomic E-state index is -4.74. The van der Waals surface area contributed by atoms with Gasteiger partial charge in [0, 0.05) is 5.56 Å². The van der Waals surface area contributed by atoms with Crippen molar-refractivity contribution in [3.05, 3.63) is 42.3 Å². The third-order valence-electron chi connectivity index (χ3n) is 3.65. The first-order chi connectivity index (χ1) is 12.9. The summed E-state index contributed by atoms with van der Waals surface area (Å²) in [4.78, 5) is 15.4. The number of halogens is 4. The number of benzene rings is 1. The number of carbonyl (C=O) groups excluding carboxylic acids is 1. The third-order valence-corrected chi connectivity index (χ3v) is 3.65. The molecule has 0 bridgehead atoms. The molecule has 0 spiro atoms. The summed E-state index contributed by atoms with van der Waals surface area (Å²) in [5.41, 5.74) is -2.11. The Hall–Kier alpha value is -2.84. The largest absolute Gasteiger partial charge is 0.491 e. The summed E-state index contributed by atoms with van der Waals surface area (Å²) in [6, 6.07) is 7.75. The van der Waals surface area contributed by atoms with Gasteiger partial charge in [0.15, 0.2) is 0 Å². The van der Waals surface area contributed by atoms with Gasteiger partial charge in [0.1, 0.15) is 17.4 Å². The summed E-state index contributed by atoms with van der Waals surface area (Å²) in [5, 5.41) is 2.08. The lowest BCUT2D eigenvalue weighted by atomic mass is 10.1. The highest BCUT2D eigenvalue weighted by atomic mass is 19.4. The normalized spacial score (nSPS) is 12.0. The van der Waals surface area contributed by atoms with Crippen molar-refractivity contribution in [2.45, 2.75) is 45.6 Å². The molecule has 0 unspecified atom stereocenters. The molecule has 0 aliphatic rings. The molecule has 0 atom stereocenters. The monoisotopic (exact) mass is 400 g/mol. The minimum Gasteiger partial charge on any atom is -0.491 e. The Balaban J connectivity index is 2.18. The van der Waals surface area contributed by atoms with Crippen LogP contribution >= 0.6 is 0 Å². The molecular weight excluding hydrogens is 380 g/mol. The van der Waals surface area contributed by atoms with Crippen LogP contribution in [0.3, 0.4) is 0 Å². The van der Waals surface area contributed by atoms with Crippen LogP contribution in [0.5, 0.6) is 5.75 Å². The number of anilines is 1. The quantitative estimate of drug-likeness (QED) is 0.667. The van der Waals surface area contributed by atoms with Gasteiger partial charge in [0.2, 0.25) is 5.60 Å². The van der Waals surface area contributed by atoms with Crippen LogP contribution in [0.1, 0.15) is 27.7 Å². The average molecular weight is 400 g/mol. The fourth-order valence-corrected chi connectivity index (χ4v) is 2.13. The molecule has 0 saturated heterocycles. The first-order valence-electron chi connectivity index (χ1n) is 8.38. The van der Waals surface area contributed by atoms with E-state index in [1.54, 1.807) is 24.3 Å². The number of amides is 1. The fourth-order valence-electron chi connectivity index (χ4n) is 2.13. The van der Waals surface area contributed by atoms with Crippen LogP contribution in [-0.4, -0.2) is 29.0 Å². The van der Waals surface area contributed by atoms with Crippen LogP contribution in [0.15, 0.2) is 36.5 Å². The second kappa shape index (κ2) is 8.04. The first kappa shape index (κ1) is 21.5. The van der Waals surface area contributed by atoms with Gasteiger partial charge in [-0.3, -0.25) is 5.32 Å². The van der Waals surface area contributed by atoms with E-state index in [0.29, 0.717) is 11.3 Å². The lowest BCUT2D eigenvalue weighted by molar-refractivity contribution is -0.242. The molecule has 5 nitrogen and oxygen atoms in total. The molecule has 0 fully saturated rings. The molecule has 0 aliphatic heterocycles. The molecule has 0 saturated carbocycles. The molecule has 0 aliphatic carbocycles. The maximum Gasteiger partial charge on any atom is 0.427 e. The maximum absolute atomic E-state index is 14.1. The molecule has 28 heavy (non-hydrogen) atoms. The van der Waals surface area contributed by atoms with Crippen LogP contribution in [0.25, 0.3) is 11.1 Å². The van der Waals surface area contributed by atoms with Gasteiger partial charge in [-0.05, 0) is 51.5 Å². The Morgan fingerprint density at radius 1 is 1.14 bits per heavy atom. The lowest BCUT2D eigenvalue weighted by Gasteiger charge is -2.27. The average Bonchev–Trinajstić information content (AvgIpc) is 2.55. The van der Waals surface area contributed by atoms with Gasteiger partial charge >= 0.3 is 12.3 Å². The number of hydrogen-bond donors (Lipinski definition) is 1. The van der Waals surface area contributed by atoms with Crippen molar-refractivity contribution < 1.29 is 31.8 Å². The number of alkyl halides is 3. The Labute approximate surface area is 159 Å². The van der Waals surface area contributed by atoms with Gasteiger partial charge in [-0.1, -0.05) is 12.1 Å². The molecule has 2 aromatic rings. The van der Waals surface area contributed by atoms with E-state index in [1.165, 1.54) is 6.07 Å². The highest BCUT2D eigenvalue weighted by molar-refractivity contribution is 5.84. The molecule has 1 aromatic heterocycles. The smallest absolute Gasteiger partial charge is 0.427 e. The molecule has 1 heterocycles. The van der Waals surface area contributed by atoms with Crippen LogP contribution in [0, 0.1) is 5.82 Å². The Kier molecular flexibility index (Phi) is 6.16. The predicted octanol–water partition coefficient (Wildman–Crippen LogP) is 5.56. The molecule has 2 rings (SSSR count). The first-order valence-corrected chi connectivity index (χ1v) is 8.38. The summed E-state index contributed by atoms with van der Waals surface area (Å²) in [6.07, 6.45) is -5.26. The second-order valence-electron chi connectivity index (χ2n) is 6.76. The van der Waals surface area contributed by atoms with E-state index >= 15 is 0 Å². The number of ether oxygens (including phenoxy) is 2. The van der Waals surface area contributed by atoms with Crippen molar-refractivity contribution in [2.75, 3.05) is 5.32 Å². The number of nitrogens with one attached hydrogen (secondary N) is 1. The van der Waals surface area contributed by atoms with Gasteiger partial charge in [0.05, 0.1) is 12.3 Å². The summed E-state index contributed by atoms with van der Waals surface area (Å²) in [5.74, 6) is -0.210. The summed E-state index contributed by atoms with van der Waals surface area (Å²) >= 11 is 0. The topological polar surface area (TPSA) is 60.5 Å².